The minimum absolute atomic E-state index is 0.255. The van der Waals surface area contributed by atoms with Crippen molar-refractivity contribution in [2.45, 2.75) is 13.8 Å². The van der Waals surface area contributed by atoms with Crippen LogP contribution in [-0.2, 0) is 14.3 Å². The summed E-state index contributed by atoms with van der Waals surface area (Å²) in [5, 5.41) is 5.00. The number of hydrogen-bond donors (Lipinski definition) is 2. The quantitative estimate of drug-likeness (QED) is 0.480. The monoisotopic (exact) mass is 262 g/mol. The Morgan fingerprint density at radius 1 is 1.21 bits per heavy atom. The second-order valence-electron chi connectivity index (χ2n) is 4.12. The Morgan fingerprint density at radius 2 is 1.84 bits per heavy atom. The highest BCUT2D eigenvalue weighted by Crippen LogP contribution is 2.13. The standard InChI is InChI=1S/C14H18N2O3/c1-4-19-6-5-15-13(17)14(18)16-12-8-10(2)7-11(3)9-12/h4,7-9H,1,5-6H2,2-3H3,(H,15,17)(H,16,18). The van der Waals surface area contributed by atoms with Gasteiger partial charge in [0.15, 0.2) is 0 Å². The van der Waals surface area contributed by atoms with Crippen LogP contribution in [0.15, 0.2) is 31.0 Å². The van der Waals surface area contributed by atoms with Crippen LogP contribution in [0.4, 0.5) is 5.69 Å². The van der Waals surface area contributed by atoms with Crippen molar-refractivity contribution in [1.82, 2.24) is 5.32 Å². The van der Waals surface area contributed by atoms with Crippen LogP contribution in [0.3, 0.4) is 0 Å². The minimum Gasteiger partial charge on any atom is -0.500 e. The summed E-state index contributed by atoms with van der Waals surface area (Å²) < 4.78 is 4.83. The summed E-state index contributed by atoms with van der Waals surface area (Å²) >= 11 is 0. The highest BCUT2D eigenvalue weighted by Gasteiger charge is 2.13. The first-order chi connectivity index (χ1) is 9.02. The van der Waals surface area contributed by atoms with Gasteiger partial charge in [0.25, 0.3) is 0 Å². The van der Waals surface area contributed by atoms with E-state index in [0.717, 1.165) is 11.1 Å². The van der Waals surface area contributed by atoms with E-state index in [9.17, 15) is 9.59 Å². The van der Waals surface area contributed by atoms with Crippen molar-refractivity contribution in [1.29, 1.82) is 0 Å². The van der Waals surface area contributed by atoms with Crippen molar-refractivity contribution in [3.63, 3.8) is 0 Å². The van der Waals surface area contributed by atoms with Crippen LogP contribution in [0.1, 0.15) is 11.1 Å². The van der Waals surface area contributed by atoms with Crippen molar-refractivity contribution in [2.75, 3.05) is 18.5 Å². The lowest BCUT2D eigenvalue weighted by Gasteiger charge is -2.08. The van der Waals surface area contributed by atoms with Crippen LogP contribution in [0, 0.1) is 13.8 Å². The fraction of sp³-hybridized carbons (Fsp3) is 0.286. The number of benzene rings is 1. The molecule has 2 amide bonds. The molecule has 2 N–H and O–H groups in total. The van der Waals surface area contributed by atoms with Crippen molar-refractivity contribution in [3.05, 3.63) is 42.2 Å². The molecule has 0 saturated carbocycles. The normalized spacial score (nSPS) is 9.58. The summed E-state index contributed by atoms with van der Waals surface area (Å²) in [7, 11) is 0. The molecule has 0 bridgehead atoms. The van der Waals surface area contributed by atoms with Gasteiger partial charge in [-0.1, -0.05) is 12.6 Å². The van der Waals surface area contributed by atoms with Crippen molar-refractivity contribution in [2.24, 2.45) is 0 Å². The lowest BCUT2D eigenvalue weighted by Crippen LogP contribution is -2.37. The van der Waals surface area contributed by atoms with Crippen LogP contribution in [-0.4, -0.2) is 25.0 Å². The van der Waals surface area contributed by atoms with E-state index in [1.165, 1.54) is 6.26 Å². The predicted octanol–water partition coefficient (Wildman–Crippen LogP) is 1.52. The fourth-order valence-electron chi connectivity index (χ4n) is 1.62. The summed E-state index contributed by atoms with van der Waals surface area (Å²) in [5.41, 5.74) is 2.66. The van der Waals surface area contributed by atoms with Gasteiger partial charge in [0.1, 0.15) is 6.61 Å². The third kappa shape index (κ3) is 5.25. The third-order valence-electron chi connectivity index (χ3n) is 2.31. The molecular weight excluding hydrogens is 244 g/mol. The Bertz CT molecular complexity index is 463. The molecule has 5 nitrogen and oxygen atoms in total. The maximum Gasteiger partial charge on any atom is 0.313 e. The first-order valence-electron chi connectivity index (χ1n) is 5.93. The summed E-state index contributed by atoms with van der Waals surface area (Å²) in [6.45, 7) is 7.76. The molecule has 0 spiro atoms. The maximum absolute atomic E-state index is 11.6. The molecular formula is C14H18N2O3. The van der Waals surface area contributed by atoms with Crippen molar-refractivity contribution >= 4 is 17.5 Å². The third-order valence-corrected chi connectivity index (χ3v) is 2.31. The number of anilines is 1. The highest BCUT2D eigenvalue weighted by atomic mass is 16.5. The molecule has 0 aliphatic heterocycles. The molecule has 1 aromatic rings. The van der Waals surface area contributed by atoms with Crippen LogP contribution in [0.2, 0.25) is 0 Å². The highest BCUT2D eigenvalue weighted by molar-refractivity contribution is 6.39. The van der Waals surface area contributed by atoms with Crippen LogP contribution in [0.5, 0.6) is 0 Å². The predicted molar refractivity (Wildman–Crippen MR) is 73.7 cm³/mol. The van der Waals surface area contributed by atoms with Gasteiger partial charge >= 0.3 is 11.8 Å². The molecule has 0 aliphatic carbocycles. The van der Waals surface area contributed by atoms with Gasteiger partial charge in [-0.05, 0) is 37.1 Å². The Kier molecular flexibility index (Phi) is 5.60. The molecule has 0 unspecified atom stereocenters. The number of ether oxygens (including phenoxy) is 1. The van der Waals surface area contributed by atoms with E-state index in [1.807, 2.05) is 19.9 Å². The van der Waals surface area contributed by atoms with Gasteiger partial charge < -0.3 is 15.4 Å². The summed E-state index contributed by atoms with van der Waals surface area (Å²) in [5.74, 6) is -1.38. The SMILES string of the molecule is C=COCCNC(=O)C(=O)Nc1cc(C)cc(C)c1. The fourth-order valence-corrected chi connectivity index (χ4v) is 1.62. The molecule has 102 valence electrons. The molecule has 0 saturated heterocycles. The molecule has 5 heteroatoms. The number of rotatable bonds is 5. The molecule has 0 atom stereocenters. The number of carbonyl (C=O) groups is 2. The van der Waals surface area contributed by atoms with Gasteiger partial charge in [-0.3, -0.25) is 9.59 Å². The molecule has 0 heterocycles. The lowest BCUT2D eigenvalue weighted by molar-refractivity contribution is -0.136. The van der Waals surface area contributed by atoms with Crippen LogP contribution in [0.25, 0.3) is 0 Å². The zero-order chi connectivity index (χ0) is 14.3. The molecule has 0 radical (unpaired) electrons. The number of hydrogen-bond acceptors (Lipinski definition) is 3. The number of aryl methyl sites for hydroxylation is 2. The van der Waals surface area contributed by atoms with Gasteiger partial charge in [0, 0.05) is 5.69 Å². The summed E-state index contributed by atoms with van der Waals surface area (Å²) in [4.78, 5) is 23.1. The van der Waals surface area contributed by atoms with E-state index in [0.29, 0.717) is 5.69 Å². The second-order valence-corrected chi connectivity index (χ2v) is 4.12. The van der Waals surface area contributed by atoms with Crippen LogP contribution < -0.4 is 10.6 Å². The van der Waals surface area contributed by atoms with Gasteiger partial charge in [0.2, 0.25) is 0 Å². The lowest BCUT2D eigenvalue weighted by atomic mass is 10.1. The molecule has 0 aromatic heterocycles. The van der Waals surface area contributed by atoms with Gasteiger partial charge in [-0.15, -0.1) is 0 Å². The van der Waals surface area contributed by atoms with Gasteiger partial charge in [-0.2, -0.15) is 0 Å². The molecule has 1 aromatic carbocycles. The van der Waals surface area contributed by atoms with E-state index in [2.05, 4.69) is 17.2 Å². The van der Waals surface area contributed by atoms with E-state index >= 15 is 0 Å². The first-order valence-corrected chi connectivity index (χ1v) is 5.93. The zero-order valence-corrected chi connectivity index (χ0v) is 11.2. The zero-order valence-electron chi connectivity index (χ0n) is 11.2. The molecule has 0 fully saturated rings. The summed E-state index contributed by atoms with van der Waals surface area (Å²) in [6.07, 6.45) is 1.28. The Balaban J connectivity index is 2.49. The average molecular weight is 262 g/mol. The Labute approximate surface area is 112 Å². The van der Waals surface area contributed by atoms with E-state index < -0.39 is 11.8 Å². The van der Waals surface area contributed by atoms with Gasteiger partial charge in [0.05, 0.1) is 12.8 Å². The van der Waals surface area contributed by atoms with E-state index in [1.54, 1.807) is 12.1 Å². The van der Waals surface area contributed by atoms with Crippen LogP contribution >= 0.6 is 0 Å². The van der Waals surface area contributed by atoms with E-state index in [4.69, 9.17) is 4.74 Å². The largest absolute Gasteiger partial charge is 0.500 e. The topological polar surface area (TPSA) is 67.4 Å². The Morgan fingerprint density at radius 3 is 2.42 bits per heavy atom. The first kappa shape index (κ1) is 14.8. The molecule has 19 heavy (non-hydrogen) atoms. The van der Waals surface area contributed by atoms with E-state index in [-0.39, 0.29) is 13.2 Å². The maximum atomic E-state index is 11.6. The smallest absolute Gasteiger partial charge is 0.313 e. The molecule has 1 rings (SSSR count). The minimum atomic E-state index is -0.691. The number of carbonyl (C=O) groups excluding carboxylic acids is 2. The second kappa shape index (κ2) is 7.20. The van der Waals surface area contributed by atoms with Gasteiger partial charge in [-0.25, -0.2) is 0 Å². The average Bonchev–Trinajstić information content (AvgIpc) is 2.33. The number of amides is 2. The summed E-state index contributed by atoms with van der Waals surface area (Å²) in [6, 6.07) is 5.60. The van der Waals surface area contributed by atoms with Crippen molar-refractivity contribution in [3.8, 4) is 0 Å². The number of nitrogens with one attached hydrogen (secondary N) is 2. The van der Waals surface area contributed by atoms with Crippen molar-refractivity contribution < 1.29 is 14.3 Å². The molecule has 0 aliphatic rings. The Hall–Kier alpha value is -2.30.